The largest absolute Gasteiger partial charge is 0.377 e. The van der Waals surface area contributed by atoms with E-state index in [0.717, 1.165) is 26.2 Å². The summed E-state index contributed by atoms with van der Waals surface area (Å²) in [5.41, 5.74) is 0. The van der Waals surface area contributed by atoms with E-state index in [1.165, 1.54) is 38.5 Å². The molecule has 1 aliphatic rings. The van der Waals surface area contributed by atoms with Crippen molar-refractivity contribution in [1.82, 2.24) is 10.2 Å². The van der Waals surface area contributed by atoms with Crippen LogP contribution in [0.5, 0.6) is 0 Å². The molecule has 1 aliphatic heterocycles. The number of likely N-dealkylation sites (N-methyl/N-ethyl adjacent to an activating group) is 1. The van der Waals surface area contributed by atoms with Crippen LogP contribution in [0.25, 0.3) is 0 Å². The van der Waals surface area contributed by atoms with Crippen LogP contribution in [-0.4, -0.2) is 50.3 Å². The first-order valence-corrected chi connectivity index (χ1v) is 7.76. The Morgan fingerprint density at radius 3 is 2.83 bits per heavy atom. The molecule has 0 aliphatic carbocycles. The lowest BCUT2D eigenvalue weighted by atomic mass is 10.1. The molecule has 1 N–H and O–H groups in total. The van der Waals surface area contributed by atoms with Crippen molar-refractivity contribution in [2.24, 2.45) is 0 Å². The number of nitrogens with one attached hydrogen (secondary N) is 1. The van der Waals surface area contributed by atoms with Crippen LogP contribution in [0.1, 0.15) is 52.4 Å². The minimum atomic E-state index is 0.476. The van der Waals surface area contributed by atoms with E-state index in [1.807, 2.05) is 0 Å². The first-order chi connectivity index (χ1) is 8.74. The first kappa shape index (κ1) is 15.9. The molecule has 1 fully saturated rings. The number of hydrogen-bond donors (Lipinski definition) is 1. The molecular formula is C15H32N2O. The number of rotatable bonds is 9. The Kier molecular flexibility index (Phi) is 8.64. The van der Waals surface area contributed by atoms with Gasteiger partial charge in [0.05, 0.1) is 6.10 Å². The van der Waals surface area contributed by atoms with Crippen molar-refractivity contribution >= 4 is 0 Å². The second-order valence-electron chi connectivity index (χ2n) is 5.67. The molecule has 3 nitrogen and oxygen atoms in total. The Balaban J connectivity index is 2.06. The van der Waals surface area contributed by atoms with Gasteiger partial charge in [0, 0.05) is 19.2 Å². The molecule has 0 aromatic carbocycles. The SMILES string of the molecule is CCCNCCCC(C)N(C)CC1CCCCO1. The molecule has 108 valence electrons. The van der Waals surface area contributed by atoms with Gasteiger partial charge in [-0.15, -0.1) is 0 Å². The van der Waals surface area contributed by atoms with Crippen LogP contribution in [-0.2, 0) is 4.74 Å². The van der Waals surface area contributed by atoms with Crippen molar-refractivity contribution in [2.45, 2.75) is 64.5 Å². The minimum absolute atomic E-state index is 0.476. The van der Waals surface area contributed by atoms with Crippen LogP contribution in [0.3, 0.4) is 0 Å². The predicted octanol–water partition coefficient (Wildman–Crippen LogP) is 2.66. The number of hydrogen-bond acceptors (Lipinski definition) is 3. The van der Waals surface area contributed by atoms with E-state index >= 15 is 0 Å². The second kappa shape index (κ2) is 9.76. The zero-order chi connectivity index (χ0) is 13.2. The van der Waals surface area contributed by atoms with Gasteiger partial charge in [-0.25, -0.2) is 0 Å². The summed E-state index contributed by atoms with van der Waals surface area (Å²) in [6.07, 6.45) is 8.09. The molecule has 1 heterocycles. The molecule has 0 bridgehead atoms. The van der Waals surface area contributed by atoms with Crippen LogP contribution in [0.4, 0.5) is 0 Å². The van der Waals surface area contributed by atoms with E-state index in [0.29, 0.717) is 12.1 Å². The summed E-state index contributed by atoms with van der Waals surface area (Å²) in [6.45, 7) is 8.93. The van der Waals surface area contributed by atoms with E-state index in [2.05, 4.69) is 31.1 Å². The van der Waals surface area contributed by atoms with Gasteiger partial charge in [-0.2, -0.15) is 0 Å². The molecule has 0 aromatic rings. The summed E-state index contributed by atoms with van der Waals surface area (Å²) in [5.74, 6) is 0. The standard InChI is InChI=1S/C15H32N2O/c1-4-10-16-11-7-8-14(2)17(3)13-15-9-5-6-12-18-15/h14-16H,4-13H2,1-3H3. The Morgan fingerprint density at radius 1 is 1.33 bits per heavy atom. The second-order valence-corrected chi connectivity index (χ2v) is 5.67. The fraction of sp³-hybridized carbons (Fsp3) is 1.00. The number of nitrogens with zero attached hydrogens (tertiary/aromatic N) is 1. The zero-order valence-corrected chi connectivity index (χ0v) is 12.6. The van der Waals surface area contributed by atoms with Crippen molar-refractivity contribution in [3.05, 3.63) is 0 Å². The van der Waals surface area contributed by atoms with Crippen molar-refractivity contribution in [3.8, 4) is 0 Å². The summed E-state index contributed by atoms with van der Waals surface area (Å²) < 4.78 is 5.80. The van der Waals surface area contributed by atoms with Crippen LogP contribution < -0.4 is 5.32 Å². The molecule has 0 aromatic heterocycles. The highest BCUT2D eigenvalue weighted by Gasteiger charge is 2.18. The Hall–Kier alpha value is -0.120. The van der Waals surface area contributed by atoms with Gasteiger partial charge in [-0.1, -0.05) is 6.92 Å². The van der Waals surface area contributed by atoms with E-state index in [4.69, 9.17) is 4.74 Å². The van der Waals surface area contributed by atoms with Gasteiger partial charge < -0.3 is 15.0 Å². The molecule has 2 atom stereocenters. The van der Waals surface area contributed by atoms with E-state index in [9.17, 15) is 0 Å². The maximum Gasteiger partial charge on any atom is 0.0702 e. The lowest BCUT2D eigenvalue weighted by Gasteiger charge is -2.31. The zero-order valence-electron chi connectivity index (χ0n) is 12.6. The van der Waals surface area contributed by atoms with Crippen LogP contribution in [0, 0.1) is 0 Å². The highest BCUT2D eigenvalue weighted by atomic mass is 16.5. The highest BCUT2D eigenvalue weighted by molar-refractivity contribution is 4.71. The van der Waals surface area contributed by atoms with E-state index in [1.54, 1.807) is 0 Å². The Labute approximate surface area is 113 Å². The molecule has 1 rings (SSSR count). The van der Waals surface area contributed by atoms with Crippen LogP contribution >= 0.6 is 0 Å². The van der Waals surface area contributed by atoms with Crippen molar-refractivity contribution in [2.75, 3.05) is 33.3 Å². The van der Waals surface area contributed by atoms with Gasteiger partial charge >= 0.3 is 0 Å². The molecule has 2 unspecified atom stereocenters. The maximum absolute atomic E-state index is 5.80. The summed E-state index contributed by atoms with van der Waals surface area (Å²) in [6, 6.07) is 0.666. The summed E-state index contributed by atoms with van der Waals surface area (Å²) >= 11 is 0. The fourth-order valence-electron chi connectivity index (χ4n) is 2.50. The summed E-state index contributed by atoms with van der Waals surface area (Å²) in [5, 5.41) is 3.47. The smallest absolute Gasteiger partial charge is 0.0702 e. The third-order valence-electron chi connectivity index (χ3n) is 3.92. The molecule has 18 heavy (non-hydrogen) atoms. The fourth-order valence-corrected chi connectivity index (χ4v) is 2.50. The lowest BCUT2D eigenvalue weighted by Crippen LogP contribution is -2.38. The molecule has 0 radical (unpaired) electrons. The monoisotopic (exact) mass is 256 g/mol. The van der Waals surface area contributed by atoms with Gasteiger partial charge in [0.2, 0.25) is 0 Å². The van der Waals surface area contributed by atoms with E-state index < -0.39 is 0 Å². The van der Waals surface area contributed by atoms with Gasteiger partial charge in [0.15, 0.2) is 0 Å². The van der Waals surface area contributed by atoms with Crippen molar-refractivity contribution in [3.63, 3.8) is 0 Å². The highest BCUT2D eigenvalue weighted by Crippen LogP contribution is 2.15. The third-order valence-corrected chi connectivity index (χ3v) is 3.92. The normalized spacial score (nSPS) is 22.3. The van der Waals surface area contributed by atoms with E-state index in [-0.39, 0.29) is 0 Å². The molecule has 3 heteroatoms. The Bertz CT molecular complexity index is 193. The Morgan fingerprint density at radius 2 is 2.17 bits per heavy atom. The first-order valence-electron chi connectivity index (χ1n) is 7.76. The summed E-state index contributed by atoms with van der Waals surface area (Å²) in [4.78, 5) is 2.47. The number of ether oxygens (including phenoxy) is 1. The third kappa shape index (κ3) is 6.72. The van der Waals surface area contributed by atoms with Crippen molar-refractivity contribution in [1.29, 1.82) is 0 Å². The van der Waals surface area contributed by atoms with Gasteiger partial charge in [0.25, 0.3) is 0 Å². The molecule has 0 spiro atoms. The predicted molar refractivity (Wildman–Crippen MR) is 78.1 cm³/mol. The molecular weight excluding hydrogens is 224 g/mol. The molecule has 0 amide bonds. The average Bonchev–Trinajstić information content (AvgIpc) is 2.39. The average molecular weight is 256 g/mol. The van der Waals surface area contributed by atoms with Crippen LogP contribution in [0.15, 0.2) is 0 Å². The quantitative estimate of drug-likeness (QED) is 0.642. The molecule has 1 saturated heterocycles. The lowest BCUT2D eigenvalue weighted by molar-refractivity contribution is -0.00757. The minimum Gasteiger partial charge on any atom is -0.377 e. The maximum atomic E-state index is 5.80. The van der Waals surface area contributed by atoms with Gasteiger partial charge in [-0.05, 0) is 65.6 Å². The topological polar surface area (TPSA) is 24.5 Å². The van der Waals surface area contributed by atoms with Crippen LogP contribution in [0.2, 0.25) is 0 Å². The van der Waals surface area contributed by atoms with Gasteiger partial charge in [-0.3, -0.25) is 0 Å². The summed E-state index contributed by atoms with van der Waals surface area (Å²) in [7, 11) is 2.24. The van der Waals surface area contributed by atoms with Gasteiger partial charge in [0.1, 0.15) is 0 Å². The van der Waals surface area contributed by atoms with Crippen molar-refractivity contribution < 1.29 is 4.74 Å². The molecule has 0 saturated carbocycles.